The van der Waals surface area contributed by atoms with Crippen LogP contribution in [0.1, 0.15) is 41.7 Å². The van der Waals surface area contributed by atoms with Gasteiger partial charge in [0.1, 0.15) is 24.4 Å². The average Bonchev–Trinajstić information content (AvgIpc) is 1.60. The van der Waals surface area contributed by atoms with Gasteiger partial charge < -0.3 is 23.5 Å². The molecule has 0 saturated heterocycles. The van der Waals surface area contributed by atoms with Gasteiger partial charge in [-0.05, 0) is 111 Å². The Bertz CT molecular complexity index is 7590. The van der Waals surface area contributed by atoms with Gasteiger partial charge in [-0.25, -0.2) is 60.1 Å². The number of aromatic nitrogens is 6. The minimum atomic E-state index is -1.23. The van der Waals surface area contributed by atoms with Crippen LogP contribution in [0.25, 0.3) is 129 Å². The third-order valence-electron chi connectivity index (χ3n) is 23.3. The summed E-state index contributed by atoms with van der Waals surface area (Å²) in [7, 11) is 0.796. The first-order valence-electron chi connectivity index (χ1n) is 40.5. The van der Waals surface area contributed by atoms with Crippen molar-refractivity contribution < 1.29 is 67.1 Å². The van der Waals surface area contributed by atoms with Gasteiger partial charge >= 0.3 is 0 Å². The average molecular weight is 1980 g/mol. The van der Waals surface area contributed by atoms with Crippen molar-refractivity contribution in [2.24, 2.45) is 7.05 Å². The van der Waals surface area contributed by atoms with Gasteiger partial charge in [0.2, 0.25) is 0 Å². The molecule has 17 heteroatoms. The number of para-hydroxylation sites is 3. The Hall–Kier alpha value is -10.9. The molecule has 614 valence electrons. The molecule has 0 bridgehead atoms. The van der Waals surface area contributed by atoms with Crippen LogP contribution in [0.15, 0.2) is 325 Å². The number of aryl methyl sites for hydroxylation is 5. The molecule has 24 rings (SSSR count). The first-order chi connectivity index (χ1) is 59.6. The number of fused-ring (bicyclic) bond motifs is 13. The molecule has 0 unspecified atom stereocenters. The molecular weight excluding hydrogens is 1910 g/mol. The summed E-state index contributed by atoms with van der Waals surface area (Å²) < 4.78 is 10.1. The third-order valence-corrected chi connectivity index (χ3v) is 31.7. The maximum Gasteiger partial charge on any atom is 0.194 e. The van der Waals surface area contributed by atoms with Gasteiger partial charge in [0, 0.05) is 101 Å². The van der Waals surface area contributed by atoms with Crippen molar-refractivity contribution in [2.75, 3.05) is 9.80 Å². The number of rotatable bonds is 13. The van der Waals surface area contributed by atoms with E-state index in [1.165, 1.54) is 89.3 Å². The molecule has 1 aliphatic heterocycles. The molecule has 0 amide bonds. The van der Waals surface area contributed by atoms with Gasteiger partial charge in [-0.15, -0.1) is 105 Å². The van der Waals surface area contributed by atoms with Crippen LogP contribution < -0.4 is 20.2 Å². The van der Waals surface area contributed by atoms with E-state index in [0.29, 0.717) is 0 Å². The number of anilines is 6. The second-order valence-electron chi connectivity index (χ2n) is 31.0. The number of nitrogens with zero attached hydrogens (tertiary/aromatic N) is 8. The van der Waals surface area contributed by atoms with Crippen molar-refractivity contribution in [3.05, 3.63) is 402 Å². The summed E-state index contributed by atoms with van der Waals surface area (Å²) in [5.74, 6) is 1.87. The molecule has 0 atom stereocenters. The van der Waals surface area contributed by atoms with Gasteiger partial charge in [-0.1, -0.05) is 279 Å². The fraction of sp³-hybridized carbons (Fsp3) is 0.0748. The SMILES string of the molecule is CC(C)(c1[c-]c(N2c3ccccc3CCc3ccc(-c4cccc5ccc[c-]c45)nc32)ccc1)[Si](c1ccccc1)c1ccccc1.Cn1c[c-]c(-c2csc3cc4c5ccccc5n(-c5cccc(-c6csc7sc[c-]c67)n5)c4[c-]c23)c1.[Ag].[Ag].[Ag].[c-]1cccc2c1-c1[c-]c(N(c3ccccc3)c3nc4c(-n5[c-]c6ccccc6c5)csc4s3)ccc1CC2. The number of hydrogen-bond acceptors (Lipinski definition) is 10. The Morgan fingerprint density at radius 2 is 1.16 bits per heavy atom. The summed E-state index contributed by atoms with van der Waals surface area (Å²) in [4.78, 5) is 20.4. The Balaban J connectivity index is 0.000000122. The van der Waals surface area contributed by atoms with Crippen LogP contribution in [-0.4, -0.2) is 37.4 Å². The van der Waals surface area contributed by atoms with Gasteiger partial charge in [-0.3, -0.25) is 0 Å². The molecule has 10 aromatic heterocycles. The van der Waals surface area contributed by atoms with Crippen molar-refractivity contribution >= 4 is 182 Å². The Labute approximate surface area is 788 Å². The number of thiazole rings is 1. The van der Waals surface area contributed by atoms with Crippen LogP contribution >= 0.6 is 56.7 Å². The summed E-state index contributed by atoms with van der Waals surface area (Å²) in [6.45, 7) is 4.79. The smallest absolute Gasteiger partial charge is 0.194 e. The zero-order chi connectivity index (χ0) is 80.7. The van der Waals surface area contributed by atoms with E-state index in [4.69, 9.17) is 15.0 Å². The monoisotopic (exact) mass is 1980 g/mol. The van der Waals surface area contributed by atoms with Crippen LogP contribution in [0, 0.1) is 48.7 Å². The third kappa shape index (κ3) is 15.4. The normalized spacial score (nSPS) is 12.2. The van der Waals surface area contributed by atoms with Crippen LogP contribution in [0.3, 0.4) is 0 Å². The van der Waals surface area contributed by atoms with Crippen molar-refractivity contribution in [1.82, 2.24) is 28.7 Å². The fourth-order valence-corrected chi connectivity index (χ4v) is 25.6. The second-order valence-corrected chi connectivity index (χ2v) is 39.2. The van der Waals surface area contributed by atoms with E-state index in [1.54, 1.807) is 56.7 Å². The van der Waals surface area contributed by atoms with Crippen molar-refractivity contribution in [1.29, 1.82) is 0 Å². The zero-order valence-electron chi connectivity index (χ0n) is 67.0. The Kier molecular flexibility index (Phi) is 23.5. The van der Waals surface area contributed by atoms with Crippen LogP contribution in [0.4, 0.5) is 33.7 Å². The van der Waals surface area contributed by atoms with E-state index in [2.05, 4.69) is 377 Å². The summed E-state index contributed by atoms with van der Waals surface area (Å²) in [6.07, 6.45) is 13.7. The molecule has 124 heavy (non-hydrogen) atoms. The number of thiophene rings is 4. The molecule has 0 spiro atoms. The maximum absolute atomic E-state index is 5.46. The first-order valence-corrected chi connectivity index (χ1v) is 46.3. The summed E-state index contributed by atoms with van der Waals surface area (Å²) in [5, 5.41) is 21.4. The predicted octanol–water partition coefficient (Wildman–Crippen LogP) is 26.9. The first kappa shape index (κ1) is 82.7. The molecule has 0 saturated carbocycles. The molecule has 22 aromatic rings. The Morgan fingerprint density at radius 3 is 1.99 bits per heavy atom. The molecular formula is C107H71Ag3N8S5Si-8. The van der Waals surface area contributed by atoms with Crippen molar-refractivity contribution in [3.63, 3.8) is 0 Å². The van der Waals surface area contributed by atoms with Gasteiger partial charge in [0.05, 0.1) is 5.52 Å². The molecule has 4 radical (unpaired) electrons. The number of hydrogen-bond donors (Lipinski definition) is 0. The maximum atomic E-state index is 5.46. The summed E-state index contributed by atoms with van der Waals surface area (Å²) in [5.41, 5.74) is 23.7. The zero-order valence-corrected chi connectivity index (χ0v) is 76.6. The number of pyridine rings is 2. The quantitative estimate of drug-likeness (QED) is 0.0850. The molecule has 2 aliphatic rings. The number of benzene rings is 12. The van der Waals surface area contributed by atoms with E-state index >= 15 is 0 Å². The second kappa shape index (κ2) is 35.2. The minimum absolute atomic E-state index is 0. The Morgan fingerprint density at radius 1 is 0.476 bits per heavy atom. The minimum Gasteiger partial charge on any atom is -0.421 e. The standard InChI is InChI=1S/C44H35N2Si.C33H20N3S2.C30H16N3S3.3Ag/c1-44(2,47(37-20-5-3-6-21-37)38-22-7-4-8-23-38)35-18-14-19-36(31-35)46-42-26-12-10-16-33(42)27-28-34-29-30-41(45-43(34)46)40-25-13-17-32-15-9-11-24-39(32)40;1-2-11-26(12-3-1)36(27-17-16-23-15-14-22-8-6-7-13-28(22)29(23)18-27)33-34-31-30(21-37-32(31)38-33)35-19-24-9-4-5-10-25(24)20-35;1-32-11-9-18(15-32)23-16-35-28-14-21-19-5-2-3-7-26(19)33(27(21)13-22(23)28)29-8-4-6-25(31-29)24-17-36-30-20(24)10-12-34-30;;;/h3-23,25-26,29-30H,27-28H2,1-2H3;1-12,16-17,19,21H,14-15H2;2-8,11-12,14-17H,1H3;;;/q-2;2*-3;;;. The van der Waals surface area contributed by atoms with Crippen LogP contribution in [0.2, 0.25) is 0 Å². The van der Waals surface area contributed by atoms with E-state index in [1.807, 2.05) is 41.4 Å². The summed E-state index contributed by atoms with van der Waals surface area (Å²) in [6, 6.07) is 127. The fourth-order valence-electron chi connectivity index (χ4n) is 17.4. The van der Waals surface area contributed by atoms with Gasteiger partial charge in [-0.2, -0.15) is 82.2 Å². The molecule has 1 aliphatic carbocycles. The van der Waals surface area contributed by atoms with Gasteiger partial charge in [0.25, 0.3) is 0 Å². The topological polar surface area (TPSA) is 59.9 Å². The van der Waals surface area contributed by atoms with Crippen molar-refractivity contribution in [3.8, 4) is 56.3 Å². The molecule has 0 N–H and O–H groups in total. The van der Waals surface area contributed by atoms with Crippen LogP contribution in [-0.2, 0) is 105 Å². The van der Waals surface area contributed by atoms with Crippen LogP contribution in [0.5, 0.6) is 0 Å². The van der Waals surface area contributed by atoms with E-state index in [9.17, 15) is 0 Å². The summed E-state index contributed by atoms with van der Waals surface area (Å²) >= 11 is 8.71. The van der Waals surface area contributed by atoms with E-state index in [-0.39, 0.29) is 72.2 Å². The molecule has 11 heterocycles. The molecule has 8 nitrogen and oxygen atoms in total. The van der Waals surface area contributed by atoms with E-state index in [0.717, 1.165) is 137 Å². The molecule has 0 fully saturated rings. The predicted molar refractivity (Wildman–Crippen MR) is 510 cm³/mol. The van der Waals surface area contributed by atoms with Gasteiger partial charge in [0.15, 0.2) is 5.13 Å². The largest absolute Gasteiger partial charge is 0.421 e. The molecule has 12 aromatic carbocycles. The van der Waals surface area contributed by atoms with Crippen molar-refractivity contribution in [2.45, 2.75) is 44.6 Å². The van der Waals surface area contributed by atoms with E-state index < -0.39 is 8.80 Å².